The molecule has 5 nitrogen and oxygen atoms in total. The van der Waals surface area contributed by atoms with Crippen molar-refractivity contribution in [3.8, 4) is 0 Å². The Morgan fingerprint density at radius 2 is 2.00 bits per heavy atom. The van der Waals surface area contributed by atoms with Crippen molar-refractivity contribution in [3.63, 3.8) is 0 Å². The van der Waals surface area contributed by atoms with Crippen molar-refractivity contribution in [2.75, 3.05) is 0 Å². The van der Waals surface area contributed by atoms with E-state index in [2.05, 4.69) is 9.71 Å². The third-order valence-electron chi connectivity index (χ3n) is 2.40. The first-order valence-corrected chi connectivity index (χ1v) is 7.27. The van der Waals surface area contributed by atoms with Crippen molar-refractivity contribution >= 4 is 16.4 Å². The number of aryl methyl sites for hydroxylation is 1. The standard InChI is InChI=1S/C12H19N3O2S/c1-3-4-12(13)14-9-15-18(16,17)11-7-5-10(2)6-8-11/h5-9,12H,3-4,13H2,1-2H3,(H,14,15). The van der Waals surface area contributed by atoms with Crippen molar-refractivity contribution in [1.29, 1.82) is 0 Å². The van der Waals surface area contributed by atoms with Gasteiger partial charge in [0.1, 0.15) is 6.34 Å². The van der Waals surface area contributed by atoms with Crippen LogP contribution >= 0.6 is 0 Å². The Labute approximate surface area is 108 Å². The molecular formula is C12H19N3O2S. The second-order valence-corrected chi connectivity index (χ2v) is 5.72. The van der Waals surface area contributed by atoms with Gasteiger partial charge in [0.05, 0.1) is 11.1 Å². The molecule has 0 aliphatic rings. The summed E-state index contributed by atoms with van der Waals surface area (Å²) >= 11 is 0. The van der Waals surface area contributed by atoms with Crippen molar-refractivity contribution in [2.45, 2.75) is 37.8 Å². The molecule has 1 aromatic rings. The minimum atomic E-state index is -3.64. The van der Waals surface area contributed by atoms with Crippen LogP contribution in [-0.2, 0) is 10.0 Å². The smallest absolute Gasteiger partial charge is 0.283 e. The highest BCUT2D eigenvalue weighted by Gasteiger charge is 2.10. The van der Waals surface area contributed by atoms with E-state index < -0.39 is 10.0 Å². The minimum Gasteiger partial charge on any atom is -0.360 e. The lowest BCUT2D eigenvalue weighted by molar-refractivity contribution is 0.576. The quantitative estimate of drug-likeness (QED) is 0.464. The molecule has 100 valence electrons. The van der Waals surface area contributed by atoms with E-state index in [1.807, 2.05) is 13.8 Å². The molecule has 18 heavy (non-hydrogen) atoms. The molecule has 1 atom stereocenters. The molecule has 0 amide bonds. The Bertz CT molecular complexity index is 495. The molecule has 0 bridgehead atoms. The summed E-state index contributed by atoms with van der Waals surface area (Å²) in [6.45, 7) is 3.90. The van der Waals surface area contributed by atoms with Crippen LogP contribution in [0.3, 0.4) is 0 Å². The highest BCUT2D eigenvalue weighted by atomic mass is 32.2. The molecule has 3 N–H and O–H groups in total. The highest BCUT2D eigenvalue weighted by Crippen LogP contribution is 2.12. The number of hydrogen-bond acceptors (Lipinski definition) is 3. The van der Waals surface area contributed by atoms with Crippen molar-refractivity contribution < 1.29 is 8.42 Å². The molecule has 1 aromatic carbocycles. The van der Waals surface area contributed by atoms with Gasteiger partial charge in [0, 0.05) is 0 Å². The Morgan fingerprint density at radius 3 is 2.56 bits per heavy atom. The van der Waals surface area contributed by atoms with Gasteiger partial charge in [-0.15, -0.1) is 4.40 Å². The summed E-state index contributed by atoms with van der Waals surface area (Å²) in [5, 5.41) is 2.73. The van der Waals surface area contributed by atoms with E-state index in [0.717, 1.165) is 24.7 Å². The first-order chi connectivity index (χ1) is 8.45. The first kappa shape index (κ1) is 14.7. The Hall–Kier alpha value is -1.40. The molecule has 0 radical (unpaired) electrons. The summed E-state index contributed by atoms with van der Waals surface area (Å²) in [5.74, 6) is 0. The average Bonchev–Trinajstić information content (AvgIpc) is 2.29. The lowest BCUT2D eigenvalue weighted by Gasteiger charge is -2.08. The summed E-state index contributed by atoms with van der Waals surface area (Å²) in [7, 11) is -3.64. The molecule has 0 saturated heterocycles. The molecule has 1 unspecified atom stereocenters. The number of nitrogens with zero attached hydrogens (tertiary/aromatic N) is 1. The van der Waals surface area contributed by atoms with Gasteiger partial charge in [-0.1, -0.05) is 31.0 Å². The lowest BCUT2D eigenvalue weighted by atomic mass is 10.2. The summed E-state index contributed by atoms with van der Waals surface area (Å²) in [5.41, 5.74) is 6.68. The second kappa shape index (κ2) is 6.51. The van der Waals surface area contributed by atoms with Crippen LogP contribution in [-0.4, -0.2) is 20.9 Å². The minimum absolute atomic E-state index is 0.176. The molecule has 0 aliphatic carbocycles. The first-order valence-electron chi connectivity index (χ1n) is 5.83. The Morgan fingerprint density at radius 1 is 1.39 bits per heavy atom. The van der Waals surface area contributed by atoms with Crippen LogP contribution in [0.4, 0.5) is 0 Å². The zero-order chi connectivity index (χ0) is 13.6. The molecule has 0 saturated carbocycles. The van der Waals surface area contributed by atoms with Gasteiger partial charge in [-0.25, -0.2) is 0 Å². The fourth-order valence-electron chi connectivity index (χ4n) is 1.36. The van der Waals surface area contributed by atoms with Gasteiger partial charge in [-0.3, -0.25) is 0 Å². The van der Waals surface area contributed by atoms with Crippen LogP contribution < -0.4 is 11.1 Å². The average molecular weight is 269 g/mol. The number of nitrogens with two attached hydrogens (primary N) is 1. The van der Waals surface area contributed by atoms with E-state index in [1.165, 1.54) is 12.1 Å². The fraction of sp³-hybridized carbons (Fsp3) is 0.417. The zero-order valence-corrected chi connectivity index (χ0v) is 11.4. The van der Waals surface area contributed by atoms with Gasteiger partial charge in [-0.05, 0) is 25.5 Å². The van der Waals surface area contributed by atoms with Crippen LogP contribution in [0.15, 0.2) is 33.6 Å². The van der Waals surface area contributed by atoms with Crippen LogP contribution in [0.25, 0.3) is 0 Å². The zero-order valence-electron chi connectivity index (χ0n) is 10.6. The summed E-state index contributed by atoms with van der Waals surface area (Å²) in [4.78, 5) is 0.176. The third-order valence-corrected chi connectivity index (χ3v) is 3.65. The molecular weight excluding hydrogens is 250 g/mol. The Kier molecular flexibility index (Phi) is 5.30. The van der Waals surface area contributed by atoms with E-state index >= 15 is 0 Å². The second-order valence-electron chi connectivity index (χ2n) is 4.08. The number of sulfonamides is 1. The fourth-order valence-corrected chi connectivity index (χ4v) is 2.16. The number of nitrogens with one attached hydrogen (secondary N) is 1. The van der Waals surface area contributed by atoms with E-state index in [0.29, 0.717) is 0 Å². The van der Waals surface area contributed by atoms with Crippen LogP contribution in [0.1, 0.15) is 25.3 Å². The van der Waals surface area contributed by atoms with Crippen LogP contribution in [0, 0.1) is 6.92 Å². The van der Waals surface area contributed by atoms with E-state index in [4.69, 9.17) is 5.73 Å². The number of rotatable bonds is 6. The van der Waals surface area contributed by atoms with Crippen molar-refractivity contribution in [3.05, 3.63) is 29.8 Å². The van der Waals surface area contributed by atoms with E-state index in [-0.39, 0.29) is 11.1 Å². The highest BCUT2D eigenvalue weighted by molar-refractivity contribution is 7.90. The van der Waals surface area contributed by atoms with Gasteiger partial charge < -0.3 is 11.1 Å². The van der Waals surface area contributed by atoms with Crippen LogP contribution in [0.2, 0.25) is 0 Å². The molecule has 0 heterocycles. The normalized spacial score (nSPS) is 13.7. The van der Waals surface area contributed by atoms with Gasteiger partial charge in [0.25, 0.3) is 10.0 Å². The lowest BCUT2D eigenvalue weighted by Crippen LogP contribution is -2.36. The molecule has 0 fully saturated rings. The topological polar surface area (TPSA) is 84.5 Å². The summed E-state index contributed by atoms with van der Waals surface area (Å²) in [6.07, 6.45) is 2.56. The molecule has 6 heteroatoms. The molecule has 1 rings (SSSR count). The maximum Gasteiger partial charge on any atom is 0.283 e. The predicted molar refractivity (Wildman–Crippen MR) is 72.9 cm³/mol. The van der Waals surface area contributed by atoms with Crippen molar-refractivity contribution in [2.24, 2.45) is 10.1 Å². The van der Waals surface area contributed by atoms with E-state index in [1.54, 1.807) is 12.1 Å². The maximum atomic E-state index is 11.8. The maximum absolute atomic E-state index is 11.8. The van der Waals surface area contributed by atoms with Crippen LogP contribution in [0.5, 0.6) is 0 Å². The number of hydrogen-bond donors (Lipinski definition) is 2. The largest absolute Gasteiger partial charge is 0.360 e. The molecule has 0 aliphatic heterocycles. The molecule has 0 spiro atoms. The van der Waals surface area contributed by atoms with Gasteiger partial charge >= 0.3 is 0 Å². The van der Waals surface area contributed by atoms with E-state index in [9.17, 15) is 8.42 Å². The molecule has 0 aromatic heterocycles. The Balaban J connectivity index is 2.70. The summed E-state index contributed by atoms with van der Waals surface area (Å²) in [6, 6.07) is 6.54. The summed E-state index contributed by atoms with van der Waals surface area (Å²) < 4.78 is 27.1. The third kappa shape index (κ3) is 4.46. The van der Waals surface area contributed by atoms with Gasteiger partial charge in [-0.2, -0.15) is 8.42 Å². The van der Waals surface area contributed by atoms with Crippen molar-refractivity contribution in [1.82, 2.24) is 5.32 Å². The van der Waals surface area contributed by atoms with Gasteiger partial charge in [0.15, 0.2) is 0 Å². The SMILES string of the molecule is CCCC(N)NC=NS(=O)(=O)c1ccc(C)cc1. The monoisotopic (exact) mass is 269 g/mol. The van der Waals surface area contributed by atoms with Gasteiger partial charge in [0.2, 0.25) is 0 Å². The number of benzene rings is 1. The predicted octanol–water partition coefficient (Wildman–Crippen LogP) is 1.39.